The van der Waals surface area contributed by atoms with Crippen molar-refractivity contribution in [3.05, 3.63) is 48.0 Å². The molecule has 0 saturated heterocycles. The summed E-state index contributed by atoms with van der Waals surface area (Å²) in [7, 11) is 1.78. The zero-order chi connectivity index (χ0) is 16.0. The molecule has 1 heterocycles. The van der Waals surface area contributed by atoms with E-state index in [0.29, 0.717) is 5.56 Å². The van der Waals surface area contributed by atoms with Gasteiger partial charge in [-0.25, -0.2) is 0 Å². The second-order valence-electron chi connectivity index (χ2n) is 5.91. The summed E-state index contributed by atoms with van der Waals surface area (Å²) in [6.07, 6.45) is 1.96. The molecule has 1 aliphatic carbocycles. The lowest BCUT2D eigenvalue weighted by atomic mass is 10.2. The largest absolute Gasteiger partial charge is 0.326 e. The normalized spacial score (nSPS) is 16.4. The van der Waals surface area contributed by atoms with Crippen molar-refractivity contribution >= 4 is 35.0 Å². The lowest BCUT2D eigenvalue weighted by molar-refractivity contribution is -0.117. The molecule has 1 N–H and O–H groups in total. The first kappa shape index (κ1) is 14.3. The molecule has 5 heteroatoms. The fourth-order valence-corrected chi connectivity index (χ4v) is 3.83. The van der Waals surface area contributed by atoms with Crippen LogP contribution >= 0.6 is 11.8 Å². The van der Waals surface area contributed by atoms with Crippen molar-refractivity contribution in [1.29, 1.82) is 0 Å². The van der Waals surface area contributed by atoms with Crippen molar-refractivity contribution in [2.75, 3.05) is 17.3 Å². The highest BCUT2D eigenvalue weighted by Crippen LogP contribution is 2.42. The first-order valence-electron chi connectivity index (χ1n) is 7.63. The summed E-state index contributed by atoms with van der Waals surface area (Å²) in [5, 5.41) is 2.97. The standard InChI is InChI=1S/C18H16N2O2S/c1-20-14-9-8-12(19-17(21)11-6-7-11)10-16(14)23-15-5-3-2-4-13(15)18(20)22/h2-5,8-11H,6-7H2,1H3,(H,19,21). The molecule has 23 heavy (non-hydrogen) atoms. The molecule has 0 spiro atoms. The summed E-state index contributed by atoms with van der Waals surface area (Å²) in [5.74, 6) is 0.251. The number of fused-ring (bicyclic) bond motifs is 2. The minimum atomic E-state index is -0.0124. The molecule has 0 unspecified atom stereocenters. The van der Waals surface area contributed by atoms with Crippen molar-refractivity contribution in [2.45, 2.75) is 22.6 Å². The van der Waals surface area contributed by atoms with E-state index in [1.54, 1.807) is 23.7 Å². The quantitative estimate of drug-likeness (QED) is 0.914. The number of anilines is 2. The van der Waals surface area contributed by atoms with Crippen LogP contribution in [0.25, 0.3) is 0 Å². The molecule has 4 nitrogen and oxygen atoms in total. The molecule has 0 bridgehead atoms. The van der Waals surface area contributed by atoms with Crippen LogP contribution < -0.4 is 10.2 Å². The van der Waals surface area contributed by atoms with E-state index in [1.807, 2.05) is 42.5 Å². The number of nitrogens with one attached hydrogen (secondary N) is 1. The minimum absolute atomic E-state index is 0.0124. The van der Waals surface area contributed by atoms with E-state index < -0.39 is 0 Å². The van der Waals surface area contributed by atoms with E-state index in [0.717, 1.165) is 34.0 Å². The predicted molar refractivity (Wildman–Crippen MR) is 91.1 cm³/mol. The fraction of sp³-hybridized carbons (Fsp3) is 0.222. The fourth-order valence-electron chi connectivity index (χ4n) is 2.68. The minimum Gasteiger partial charge on any atom is -0.326 e. The van der Waals surface area contributed by atoms with Gasteiger partial charge in [0.15, 0.2) is 0 Å². The summed E-state index contributed by atoms with van der Waals surface area (Å²) < 4.78 is 0. The van der Waals surface area contributed by atoms with Crippen LogP contribution in [0.5, 0.6) is 0 Å². The smallest absolute Gasteiger partial charge is 0.259 e. The molecule has 0 radical (unpaired) electrons. The summed E-state index contributed by atoms with van der Waals surface area (Å²) in [6, 6.07) is 13.3. The zero-order valence-electron chi connectivity index (χ0n) is 12.7. The first-order valence-corrected chi connectivity index (χ1v) is 8.45. The van der Waals surface area contributed by atoms with Gasteiger partial charge >= 0.3 is 0 Å². The van der Waals surface area contributed by atoms with Gasteiger partial charge in [0.2, 0.25) is 5.91 Å². The number of amides is 2. The average molecular weight is 324 g/mol. The highest BCUT2D eigenvalue weighted by Gasteiger charge is 2.30. The maximum atomic E-state index is 12.6. The van der Waals surface area contributed by atoms with E-state index in [4.69, 9.17) is 0 Å². The molecular weight excluding hydrogens is 308 g/mol. The van der Waals surface area contributed by atoms with Gasteiger partial charge in [0.1, 0.15) is 0 Å². The summed E-state index contributed by atoms with van der Waals surface area (Å²) >= 11 is 1.56. The van der Waals surface area contributed by atoms with Crippen molar-refractivity contribution < 1.29 is 9.59 Å². The number of hydrogen-bond acceptors (Lipinski definition) is 3. The topological polar surface area (TPSA) is 49.4 Å². The van der Waals surface area contributed by atoms with Crippen molar-refractivity contribution in [3.63, 3.8) is 0 Å². The highest BCUT2D eigenvalue weighted by atomic mass is 32.2. The van der Waals surface area contributed by atoms with Crippen LogP contribution in [0.1, 0.15) is 23.2 Å². The molecule has 2 amide bonds. The Morgan fingerprint density at radius 2 is 1.96 bits per heavy atom. The van der Waals surface area contributed by atoms with Gasteiger partial charge in [0, 0.05) is 28.4 Å². The molecule has 2 aromatic rings. The third-order valence-electron chi connectivity index (χ3n) is 4.18. The van der Waals surface area contributed by atoms with E-state index in [-0.39, 0.29) is 17.7 Å². The van der Waals surface area contributed by atoms with E-state index >= 15 is 0 Å². The van der Waals surface area contributed by atoms with Crippen LogP contribution in [0.2, 0.25) is 0 Å². The van der Waals surface area contributed by atoms with Gasteiger partial charge in [-0.15, -0.1) is 0 Å². The van der Waals surface area contributed by atoms with Crippen molar-refractivity contribution in [2.24, 2.45) is 5.92 Å². The van der Waals surface area contributed by atoms with Gasteiger partial charge in [0.05, 0.1) is 11.3 Å². The number of rotatable bonds is 2. The summed E-state index contributed by atoms with van der Waals surface area (Å²) in [4.78, 5) is 28.1. The average Bonchev–Trinajstić information content (AvgIpc) is 3.39. The molecule has 1 saturated carbocycles. The second kappa shape index (κ2) is 5.42. The van der Waals surface area contributed by atoms with Gasteiger partial charge in [-0.1, -0.05) is 23.9 Å². The Labute approximate surface area is 138 Å². The molecule has 4 rings (SSSR count). The van der Waals surface area contributed by atoms with Crippen LogP contribution in [-0.4, -0.2) is 18.9 Å². The van der Waals surface area contributed by atoms with Gasteiger partial charge in [-0.2, -0.15) is 0 Å². The second-order valence-corrected chi connectivity index (χ2v) is 6.99. The predicted octanol–water partition coefficient (Wildman–Crippen LogP) is 3.78. The third-order valence-corrected chi connectivity index (χ3v) is 5.30. The Morgan fingerprint density at radius 3 is 2.74 bits per heavy atom. The summed E-state index contributed by atoms with van der Waals surface area (Å²) in [5.41, 5.74) is 2.36. The van der Waals surface area contributed by atoms with Crippen molar-refractivity contribution in [3.8, 4) is 0 Å². The SMILES string of the molecule is CN1C(=O)c2ccccc2Sc2cc(NC(=O)C3CC3)ccc21. The lowest BCUT2D eigenvalue weighted by Gasteiger charge is -2.18. The van der Waals surface area contributed by atoms with Gasteiger partial charge in [-0.05, 0) is 43.2 Å². The van der Waals surface area contributed by atoms with Gasteiger partial charge in [-0.3, -0.25) is 9.59 Å². The third kappa shape index (κ3) is 2.61. The van der Waals surface area contributed by atoms with Crippen LogP contribution in [0.15, 0.2) is 52.3 Å². The molecule has 116 valence electrons. The van der Waals surface area contributed by atoms with Crippen LogP contribution in [0.4, 0.5) is 11.4 Å². The molecule has 0 atom stereocenters. The zero-order valence-corrected chi connectivity index (χ0v) is 13.5. The lowest BCUT2D eigenvalue weighted by Crippen LogP contribution is -2.26. The molecule has 0 aromatic heterocycles. The maximum Gasteiger partial charge on any atom is 0.259 e. The Kier molecular flexibility index (Phi) is 3.38. The highest BCUT2D eigenvalue weighted by molar-refractivity contribution is 7.99. The Hall–Kier alpha value is -2.27. The molecule has 2 aliphatic rings. The maximum absolute atomic E-state index is 12.6. The number of carbonyl (C=O) groups excluding carboxylic acids is 2. The number of hydrogen-bond donors (Lipinski definition) is 1. The van der Waals surface area contributed by atoms with E-state index in [1.165, 1.54) is 0 Å². The molecule has 1 aliphatic heterocycles. The monoisotopic (exact) mass is 324 g/mol. The Balaban J connectivity index is 1.72. The van der Waals surface area contributed by atoms with Gasteiger partial charge < -0.3 is 10.2 Å². The van der Waals surface area contributed by atoms with Crippen LogP contribution in [0.3, 0.4) is 0 Å². The molecule has 2 aromatic carbocycles. The van der Waals surface area contributed by atoms with Crippen LogP contribution in [0, 0.1) is 5.92 Å². The van der Waals surface area contributed by atoms with Gasteiger partial charge in [0.25, 0.3) is 5.91 Å². The van der Waals surface area contributed by atoms with E-state index in [2.05, 4.69) is 5.32 Å². The van der Waals surface area contributed by atoms with Crippen molar-refractivity contribution in [1.82, 2.24) is 0 Å². The Morgan fingerprint density at radius 1 is 1.17 bits per heavy atom. The number of nitrogens with zero attached hydrogens (tertiary/aromatic N) is 1. The number of benzene rings is 2. The van der Waals surface area contributed by atoms with E-state index in [9.17, 15) is 9.59 Å². The Bertz CT molecular complexity index is 814. The summed E-state index contributed by atoms with van der Waals surface area (Å²) in [6.45, 7) is 0. The molecule has 1 fully saturated rings. The first-order chi connectivity index (χ1) is 11.1. The van der Waals surface area contributed by atoms with Crippen LogP contribution in [-0.2, 0) is 4.79 Å². The number of carbonyl (C=O) groups is 2. The molecular formula is C18H16N2O2S.